The third-order valence-electron chi connectivity index (χ3n) is 6.83. The molecule has 0 radical (unpaired) electrons. The zero-order chi connectivity index (χ0) is 20.8. The Morgan fingerprint density at radius 2 is 0.667 bits per heavy atom. The third-order valence-corrected chi connectivity index (χ3v) is 6.83. The van der Waals surface area contributed by atoms with Gasteiger partial charge in [0.2, 0.25) is 0 Å². The summed E-state index contributed by atoms with van der Waals surface area (Å²) in [6.07, 6.45) is 23.0. The Labute approximate surface area is 174 Å². The lowest BCUT2D eigenvalue weighted by Gasteiger charge is -2.33. The number of hydrogen-bond donors (Lipinski definition) is 0. The first kappa shape index (κ1) is 27.0. The Kier molecular flexibility index (Phi) is 14.1. The Bertz CT molecular complexity index is 308. The maximum Gasteiger partial charge on any atom is -0.0354 e. The fourth-order valence-corrected chi connectivity index (χ4v) is 4.22. The summed E-state index contributed by atoms with van der Waals surface area (Å²) in [5.41, 5.74) is 2.10. The van der Waals surface area contributed by atoms with Gasteiger partial charge in [-0.05, 0) is 54.8 Å². The van der Waals surface area contributed by atoms with Crippen molar-refractivity contribution in [3.63, 3.8) is 0 Å². The summed E-state index contributed by atoms with van der Waals surface area (Å²) in [6.45, 7) is 18.6. The second-order valence-corrected chi connectivity index (χ2v) is 11.8. The molecule has 0 aromatic heterocycles. The van der Waals surface area contributed by atoms with Crippen molar-refractivity contribution in [2.75, 3.05) is 0 Å². The van der Waals surface area contributed by atoms with Crippen LogP contribution in [0.5, 0.6) is 0 Å². The van der Waals surface area contributed by atoms with Gasteiger partial charge in [0, 0.05) is 0 Å². The number of hydrogen-bond acceptors (Lipinski definition) is 0. The van der Waals surface area contributed by atoms with Gasteiger partial charge in [-0.15, -0.1) is 0 Å². The third kappa shape index (κ3) is 16.6. The number of unbranched alkanes of at least 4 members (excludes halogenated alkanes) is 3. The highest BCUT2D eigenvalue weighted by atomic mass is 14.3. The molecule has 0 amide bonds. The molecule has 3 fully saturated rings. The lowest BCUT2D eigenvalue weighted by Crippen LogP contribution is -2.20. The molecule has 27 heavy (non-hydrogen) atoms. The zero-order valence-corrected chi connectivity index (χ0v) is 20.8. The Hall–Kier alpha value is 0. The van der Waals surface area contributed by atoms with Gasteiger partial charge in [-0.3, -0.25) is 0 Å². The molecule has 3 aliphatic carbocycles. The van der Waals surface area contributed by atoms with Gasteiger partial charge in [0.05, 0.1) is 0 Å². The van der Waals surface area contributed by atoms with Gasteiger partial charge in [0.15, 0.2) is 0 Å². The van der Waals surface area contributed by atoms with Crippen LogP contribution >= 0.6 is 0 Å². The molecule has 3 rings (SSSR count). The monoisotopic (exact) mass is 380 g/mol. The average molecular weight is 381 g/mol. The predicted molar refractivity (Wildman–Crippen MR) is 127 cm³/mol. The molecular formula is C27H56. The van der Waals surface area contributed by atoms with Crippen molar-refractivity contribution in [1.82, 2.24) is 0 Å². The maximum absolute atomic E-state index is 2.38. The minimum absolute atomic E-state index is 0.679. The quantitative estimate of drug-likeness (QED) is 0.427. The van der Waals surface area contributed by atoms with Crippen molar-refractivity contribution < 1.29 is 0 Å². The van der Waals surface area contributed by atoms with E-state index in [1.54, 1.807) is 0 Å². The molecule has 0 saturated heterocycles. The van der Waals surface area contributed by atoms with Crippen LogP contribution in [0.3, 0.4) is 0 Å². The molecule has 0 aromatic rings. The first-order valence-corrected chi connectivity index (χ1v) is 12.5. The lowest BCUT2D eigenvalue weighted by molar-refractivity contribution is 0.190. The van der Waals surface area contributed by atoms with Crippen molar-refractivity contribution in [1.29, 1.82) is 0 Å². The molecule has 0 spiro atoms. The highest BCUT2D eigenvalue weighted by molar-refractivity contribution is 4.77. The Balaban J connectivity index is 0.000000337. The molecule has 3 saturated carbocycles. The SMILES string of the molecule is CC1(C)CCC1.CC1(C)CCCC1.CC1(C)CCCCC1.CCCCCC. The van der Waals surface area contributed by atoms with Gasteiger partial charge < -0.3 is 0 Å². The molecule has 0 heterocycles. The van der Waals surface area contributed by atoms with Crippen LogP contribution in [0.1, 0.15) is 158 Å². The summed E-state index contributed by atoms with van der Waals surface area (Å²) in [7, 11) is 0. The predicted octanol–water partition coefficient (Wildman–Crippen LogP) is 10.3. The zero-order valence-electron chi connectivity index (χ0n) is 20.8. The first-order valence-electron chi connectivity index (χ1n) is 12.5. The van der Waals surface area contributed by atoms with E-state index in [-0.39, 0.29) is 0 Å². The number of rotatable bonds is 3. The molecule has 164 valence electrons. The van der Waals surface area contributed by atoms with Gasteiger partial charge in [0.25, 0.3) is 0 Å². The van der Waals surface area contributed by atoms with Crippen molar-refractivity contribution >= 4 is 0 Å². The van der Waals surface area contributed by atoms with Crippen LogP contribution in [0.4, 0.5) is 0 Å². The van der Waals surface area contributed by atoms with Crippen LogP contribution in [0.2, 0.25) is 0 Å². The van der Waals surface area contributed by atoms with Crippen molar-refractivity contribution in [2.45, 2.75) is 158 Å². The molecule has 0 heteroatoms. The van der Waals surface area contributed by atoms with Crippen molar-refractivity contribution in [3.8, 4) is 0 Å². The van der Waals surface area contributed by atoms with E-state index in [9.17, 15) is 0 Å². The molecule has 3 aliphatic rings. The van der Waals surface area contributed by atoms with E-state index in [0.29, 0.717) is 10.8 Å². The Morgan fingerprint density at radius 1 is 0.407 bits per heavy atom. The van der Waals surface area contributed by atoms with Gasteiger partial charge >= 0.3 is 0 Å². The average Bonchev–Trinajstić information content (AvgIpc) is 2.97. The highest BCUT2D eigenvalue weighted by Gasteiger charge is 2.25. The summed E-state index contributed by atoms with van der Waals surface area (Å²) < 4.78 is 0. The first-order chi connectivity index (χ1) is 12.5. The summed E-state index contributed by atoms with van der Waals surface area (Å²) in [6, 6.07) is 0. The lowest BCUT2D eigenvalue weighted by atomic mass is 9.72. The maximum atomic E-state index is 2.38. The topological polar surface area (TPSA) is 0 Å². The summed E-state index contributed by atoms with van der Waals surface area (Å²) in [5.74, 6) is 0. The van der Waals surface area contributed by atoms with Crippen molar-refractivity contribution in [3.05, 3.63) is 0 Å². The van der Waals surface area contributed by atoms with Crippen molar-refractivity contribution in [2.24, 2.45) is 16.2 Å². The van der Waals surface area contributed by atoms with E-state index < -0.39 is 0 Å². The fourth-order valence-electron chi connectivity index (χ4n) is 4.22. The largest absolute Gasteiger partial charge is 0.0654 e. The van der Waals surface area contributed by atoms with Gasteiger partial charge in [0.1, 0.15) is 0 Å². The Morgan fingerprint density at radius 3 is 0.778 bits per heavy atom. The second-order valence-electron chi connectivity index (χ2n) is 11.8. The van der Waals surface area contributed by atoms with Crippen LogP contribution in [0.15, 0.2) is 0 Å². The van der Waals surface area contributed by atoms with Crippen LogP contribution in [0, 0.1) is 16.2 Å². The second kappa shape index (κ2) is 14.1. The van der Waals surface area contributed by atoms with E-state index in [1.165, 1.54) is 103 Å². The minimum Gasteiger partial charge on any atom is -0.0654 e. The smallest absolute Gasteiger partial charge is 0.0354 e. The fraction of sp³-hybridized carbons (Fsp3) is 1.00. The normalized spacial score (nSPS) is 24.0. The molecular weight excluding hydrogens is 324 g/mol. The van der Waals surface area contributed by atoms with E-state index in [2.05, 4.69) is 55.4 Å². The molecule has 0 nitrogen and oxygen atoms in total. The van der Waals surface area contributed by atoms with Crippen LogP contribution in [-0.2, 0) is 0 Å². The van der Waals surface area contributed by atoms with Gasteiger partial charge in [-0.25, -0.2) is 0 Å². The van der Waals surface area contributed by atoms with E-state index in [0.717, 1.165) is 5.41 Å². The summed E-state index contributed by atoms with van der Waals surface area (Å²) in [5, 5.41) is 0. The highest BCUT2D eigenvalue weighted by Crippen LogP contribution is 2.39. The summed E-state index contributed by atoms with van der Waals surface area (Å²) >= 11 is 0. The van der Waals surface area contributed by atoms with Crippen LogP contribution in [-0.4, -0.2) is 0 Å². The van der Waals surface area contributed by atoms with Gasteiger partial charge in [-0.1, -0.05) is 120 Å². The van der Waals surface area contributed by atoms with E-state index >= 15 is 0 Å². The van der Waals surface area contributed by atoms with E-state index in [1.807, 2.05) is 0 Å². The molecule has 0 unspecified atom stereocenters. The molecule has 0 N–H and O–H groups in total. The minimum atomic E-state index is 0.679. The van der Waals surface area contributed by atoms with Crippen LogP contribution in [0.25, 0.3) is 0 Å². The molecule has 0 atom stereocenters. The van der Waals surface area contributed by atoms with E-state index in [4.69, 9.17) is 0 Å². The standard InChI is InChI=1S/C8H16.C7H14.C6H12.C6H14/c1-8(2)6-4-3-5-7-8;1-7(2)5-3-4-6-7;1-6(2)4-3-5-6;1-3-5-6-4-2/h3-7H2,1-2H3;3-6H2,1-2H3;3-5H2,1-2H3;3-6H2,1-2H3. The van der Waals surface area contributed by atoms with Crippen LogP contribution < -0.4 is 0 Å². The summed E-state index contributed by atoms with van der Waals surface area (Å²) in [4.78, 5) is 0. The molecule has 0 bridgehead atoms. The van der Waals surface area contributed by atoms with Gasteiger partial charge in [-0.2, -0.15) is 0 Å². The molecule has 0 aromatic carbocycles. The molecule has 0 aliphatic heterocycles.